The minimum Gasteiger partial charge on any atom is -0.378 e. The number of hydrogen-bond acceptors (Lipinski definition) is 4. The van der Waals surface area contributed by atoms with Gasteiger partial charge in [0.25, 0.3) is 5.91 Å². The minimum atomic E-state index is -1.15. The van der Waals surface area contributed by atoms with Gasteiger partial charge >= 0.3 is 0 Å². The van der Waals surface area contributed by atoms with Gasteiger partial charge in [-0.3, -0.25) is 4.79 Å². The highest BCUT2D eigenvalue weighted by atomic mass is 32.1. The molecule has 2 atom stereocenters. The van der Waals surface area contributed by atoms with Crippen LogP contribution in [0, 0.1) is 0 Å². The number of carbonyl (C=O) groups excluding carboxylic acids is 1. The van der Waals surface area contributed by atoms with Crippen LogP contribution in [0.15, 0.2) is 36.5 Å². The molecule has 2 aromatic rings. The summed E-state index contributed by atoms with van der Waals surface area (Å²) in [6, 6.07) is 8.69. The number of nitrogens with one attached hydrogen (secondary N) is 1. The van der Waals surface area contributed by atoms with E-state index in [4.69, 9.17) is 0 Å². The van der Waals surface area contributed by atoms with Crippen molar-refractivity contribution in [2.75, 3.05) is 0 Å². The van der Waals surface area contributed by atoms with Crippen LogP contribution >= 0.6 is 11.3 Å². The molecule has 0 spiro atoms. The van der Waals surface area contributed by atoms with Crippen molar-refractivity contribution in [3.8, 4) is 0 Å². The van der Waals surface area contributed by atoms with Gasteiger partial charge in [-0.2, -0.15) is 0 Å². The Labute approximate surface area is 122 Å². The van der Waals surface area contributed by atoms with Gasteiger partial charge in [0.2, 0.25) is 0 Å². The second kappa shape index (κ2) is 6.63. The van der Waals surface area contributed by atoms with Crippen LogP contribution in [0.2, 0.25) is 0 Å². The van der Waals surface area contributed by atoms with Gasteiger partial charge in [-0.05, 0) is 18.9 Å². The van der Waals surface area contributed by atoms with Gasteiger partial charge < -0.3 is 10.4 Å². The molecule has 2 rings (SSSR count). The normalized spacial score (nSPS) is 13.8. The number of aromatic nitrogens is 1. The van der Waals surface area contributed by atoms with Crippen LogP contribution in [0.3, 0.4) is 0 Å². The third-order valence-electron chi connectivity index (χ3n) is 3.01. The molecule has 20 heavy (non-hydrogen) atoms. The SMILES string of the molecule is CCc1cnc(C(C)NC(=O)C(O)c2ccccc2)s1. The zero-order chi connectivity index (χ0) is 14.5. The van der Waals surface area contributed by atoms with E-state index in [1.165, 1.54) is 4.88 Å². The molecule has 1 amide bonds. The summed E-state index contributed by atoms with van der Waals surface area (Å²) in [6.07, 6.45) is 1.62. The maximum atomic E-state index is 12.0. The molecule has 0 fully saturated rings. The molecule has 0 aliphatic rings. The second-order valence-electron chi connectivity index (χ2n) is 4.56. The lowest BCUT2D eigenvalue weighted by Gasteiger charge is -2.15. The fourth-order valence-electron chi connectivity index (χ4n) is 1.83. The Hall–Kier alpha value is -1.72. The maximum absolute atomic E-state index is 12.0. The Bertz CT molecular complexity index is 568. The number of amides is 1. The molecule has 106 valence electrons. The van der Waals surface area contributed by atoms with Gasteiger partial charge in [-0.25, -0.2) is 4.98 Å². The van der Waals surface area contributed by atoms with Crippen molar-refractivity contribution < 1.29 is 9.90 Å². The van der Waals surface area contributed by atoms with E-state index in [2.05, 4.69) is 17.2 Å². The summed E-state index contributed by atoms with van der Waals surface area (Å²) in [7, 11) is 0. The van der Waals surface area contributed by atoms with Crippen molar-refractivity contribution in [2.24, 2.45) is 0 Å². The van der Waals surface area contributed by atoms with E-state index in [9.17, 15) is 9.90 Å². The number of hydrogen-bond donors (Lipinski definition) is 2. The van der Waals surface area contributed by atoms with Crippen molar-refractivity contribution in [2.45, 2.75) is 32.4 Å². The highest BCUT2D eigenvalue weighted by Gasteiger charge is 2.20. The fraction of sp³-hybridized carbons (Fsp3) is 0.333. The molecule has 0 aliphatic carbocycles. The van der Waals surface area contributed by atoms with Crippen LogP contribution < -0.4 is 5.32 Å². The average Bonchev–Trinajstić information content (AvgIpc) is 2.96. The summed E-state index contributed by atoms with van der Waals surface area (Å²) in [5.74, 6) is -0.406. The summed E-state index contributed by atoms with van der Waals surface area (Å²) in [4.78, 5) is 17.5. The summed E-state index contributed by atoms with van der Waals surface area (Å²) < 4.78 is 0. The Morgan fingerprint density at radius 3 is 2.70 bits per heavy atom. The zero-order valence-electron chi connectivity index (χ0n) is 11.5. The molecule has 0 bridgehead atoms. The van der Waals surface area contributed by atoms with Gasteiger partial charge in [0.05, 0.1) is 6.04 Å². The van der Waals surface area contributed by atoms with E-state index in [0.717, 1.165) is 11.4 Å². The molecular formula is C15H18N2O2S. The Morgan fingerprint density at radius 2 is 2.10 bits per heavy atom. The molecule has 0 radical (unpaired) electrons. The maximum Gasteiger partial charge on any atom is 0.254 e. The van der Waals surface area contributed by atoms with Gasteiger partial charge in [-0.1, -0.05) is 37.3 Å². The van der Waals surface area contributed by atoms with E-state index in [-0.39, 0.29) is 6.04 Å². The zero-order valence-corrected chi connectivity index (χ0v) is 12.4. The number of nitrogens with zero attached hydrogens (tertiary/aromatic N) is 1. The Morgan fingerprint density at radius 1 is 1.40 bits per heavy atom. The first-order valence-electron chi connectivity index (χ1n) is 6.59. The van der Waals surface area contributed by atoms with Crippen LogP contribution in [0.25, 0.3) is 0 Å². The molecule has 2 unspecified atom stereocenters. The first-order valence-corrected chi connectivity index (χ1v) is 7.41. The van der Waals surface area contributed by atoms with E-state index in [0.29, 0.717) is 5.56 Å². The topological polar surface area (TPSA) is 62.2 Å². The molecule has 0 saturated heterocycles. The van der Waals surface area contributed by atoms with Gasteiger partial charge in [0.1, 0.15) is 5.01 Å². The smallest absolute Gasteiger partial charge is 0.254 e. The fourth-order valence-corrected chi connectivity index (χ4v) is 2.69. The van der Waals surface area contributed by atoms with E-state index in [1.54, 1.807) is 35.6 Å². The summed E-state index contributed by atoms with van der Waals surface area (Å²) in [6.45, 7) is 3.94. The first-order chi connectivity index (χ1) is 9.61. The molecule has 5 heteroatoms. The molecule has 4 nitrogen and oxygen atoms in total. The van der Waals surface area contributed by atoms with Crippen LogP contribution in [0.5, 0.6) is 0 Å². The number of thiazole rings is 1. The van der Waals surface area contributed by atoms with Crippen molar-refractivity contribution in [3.05, 3.63) is 52.0 Å². The van der Waals surface area contributed by atoms with Gasteiger partial charge in [0, 0.05) is 11.1 Å². The Kier molecular flexibility index (Phi) is 4.87. The standard InChI is InChI=1S/C15H18N2O2S/c1-3-12-9-16-15(20-12)10(2)17-14(19)13(18)11-7-5-4-6-8-11/h4-10,13,18H,3H2,1-2H3,(H,17,19). The summed E-state index contributed by atoms with van der Waals surface area (Å²) in [5.41, 5.74) is 0.589. The summed E-state index contributed by atoms with van der Waals surface area (Å²) >= 11 is 1.58. The summed E-state index contributed by atoms with van der Waals surface area (Å²) in [5, 5.41) is 13.7. The van der Waals surface area contributed by atoms with Gasteiger partial charge in [0.15, 0.2) is 6.10 Å². The third kappa shape index (κ3) is 3.43. The quantitative estimate of drug-likeness (QED) is 0.890. The lowest BCUT2D eigenvalue weighted by Crippen LogP contribution is -2.31. The molecule has 2 N–H and O–H groups in total. The van der Waals surface area contributed by atoms with Crippen molar-refractivity contribution >= 4 is 17.2 Å². The predicted molar refractivity (Wildman–Crippen MR) is 79.5 cm³/mol. The van der Waals surface area contributed by atoms with Crippen molar-refractivity contribution in [1.82, 2.24) is 10.3 Å². The number of benzene rings is 1. The molecular weight excluding hydrogens is 272 g/mol. The van der Waals surface area contributed by atoms with E-state index < -0.39 is 12.0 Å². The first kappa shape index (κ1) is 14.7. The number of rotatable bonds is 5. The highest BCUT2D eigenvalue weighted by Crippen LogP contribution is 2.21. The minimum absolute atomic E-state index is 0.203. The van der Waals surface area contributed by atoms with Crippen molar-refractivity contribution in [1.29, 1.82) is 0 Å². The lowest BCUT2D eigenvalue weighted by atomic mass is 10.1. The molecule has 1 aromatic carbocycles. The van der Waals surface area contributed by atoms with Crippen LogP contribution in [0.1, 0.15) is 41.4 Å². The number of aryl methyl sites for hydroxylation is 1. The second-order valence-corrected chi connectivity index (χ2v) is 5.71. The average molecular weight is 290 g/mol. The molecule has 0 aliphatic heterocycles. The predicted octanol–water partition coefficient (Wildman–Crippen LogP) is 2.62. The van der Waals surface area contributed by atoms with Crippen LogP contribution in [-0.4, -0.2) is 16.0 Å². The third-order valence-corrected chi connectivity index (χ3v) is 4.34. The Balaban J connectivity index is 2.00. The highest BCUT2D eigenvalue weighted by molar-refractivity contribution is 7.11. The monoisotopic (exact) mass is 290 g/mol. The van der Waals surface area contributed by atoms with Crippen LogP contribution in [0.4, 0.5) is 0 Å². The molecule has 0 saturated carbocycles. The number of aliphatic hydroxyl groups is 1. The van der Waals surface area contributed by atoms with E-state index in [1.807, 2.05) is 19.2 Å². The lowest BCUT2D eigenvalue weighted by molar-refractivity contribution is -0.130. The van der Waals surface area contributed by atoms with E-state index >= 15 is 0 Å². The van der Waals surface area contributed by atoms with Crippen molar-refractivity contribution in [3.63, 3.8) is 0 Å². The van der Waals surface area contributed by atoms with Crippen LogP contribution in [-0.2, 0) is 11.2 Å². The number of aliphatic hydroxyl groups excluding tert-OH is 1. The number of carbonyl (C=O) groups is 1. The molecule has 1 aromatic heterocycles. The molecule has 1 heterocycles. The van der Waals surface area contributed by atoms with Gasteiger partial charge in [-0.15, -0.1) is 11.3 Å². The largest absolute Gasteiger partial charge is 0.378 e.